The molecule has 0 fully saturated rings. The highest BCUT2D eigenvalue weighted by atomic mass is 32.2. The summed E-state index contributed by atoms with van der Waals surface area (Å²) in [5.74, 6) is 0.453. The molecule has 3 aromatic heterocycles. The third kappa shape index (κ3) is 5.28. The molecule has 4 rings (SSSR count). The van der Waals surface area contributed by atoms with Crippen LogP contribution in [0, 0.1) is 5.82 Å². The summed E-state index contributed by atoms with van der Waals surface area (Å²) in [6.07, 6.45) is 2.03. The van der Waals surface area contributed by atoms with E-state index in [1.165, 1.54) is 14.2 Å². The molecule has 4 aromatic rings. The number of ether oxygens (including phenoxy) is 2. The molecule has 11 nitrogen and oxygen atoms in total. The van der Waals surface area contributed by atoms with Gasteiger partial charge in [-0.2, -0.15) is 0 Å². The smallest absolute Gasteiger partial charge is 0.187 e. The van der Waals surface area contributed by atoms with Crippen molar-refractivity contribution in [1.82, 2.24) is 29.7 Å². The average molecular weight is 542 g/mol. The lowest BCUT2D eigenvalue weighted by Gasteiger charge is -2.20. The van der Waals surface area contributed by atoms with Crippen molar-refractivity contribution in [2.24, 2.45) is 0 Å². The van der Waals surface area contributed by atoms with Gasteiger partial charge in [-0.3, -0.25) is 4.57 Å². The van der Waals surface area contributed by atoms with Crippen molar-refractivity contribution in [3.8, 4) is 28.7 Å². The summed E-state index contributed by atoms with van der Waals surface area (Å²) in [6, 6.07) is 10.6. The number of anilines is 1. The predicted molar refractivity (Wildman–Crippen MR) is 140 cm³/mol. The Morgan fingerprint density at radius 2 is 1.63 bits per heavy atom. The number of methoxy groups -OCH3 is 2. The van der Waals surface area contributed by atoms with Crippen molar-refractivity contribution in [3.05, 3.63) is 66.3 Å². The fraction of sp³-hybridized carbons (Fsp3) is 0.320. The predicted octanol–water partition coefficient (Wildman–Crippen LogP) is 3.42. The summed E-state index contributed by atoms with van der Waals surface area (Å²) < 4.78 is 53.3. The number of rotatable bonds is 10. The number of nitrogens with zero attached hydrogens (tertiary/aromatic N) is 6. The maximum absolute atomic E-state index is 13.6. The summed E-state index contributed by atoms with van der Waals surface area (Å²) in [5.41, 5.74) is 0.893. The quantitative estimate of drug-likeness (QED) is 0.318. The Balaban J connectivity index is 1.84. The first-order valence-electron chi connectivity index (χ1n) is 11.7. The largest absolute Gasteiger partial charge is 0.494 e. The Morgan fingerprint density at radius 3 is 2.24 bits per heavy atom. The van der Waals surface area contributed by atoms with Crippen LogP contribution in [0.2, 0.25) is 0 Å². The summed E-state index contributed by atoms with van der Waals surface area (Å²) in [7, 11) is 0.918. The van der Waals surface area contributed by atoms with E-state index in [9.17, 15) is 12.8 Å². The van der Waals surface area contributed by atoms with Crippen molar-refractivity contribution in [3.63, 3.8) is 0 Å². The molecule has 0 unspecified atom stereocenters. The minimum absolute atomic E-state index is 0.138. The standard InChI is InChI=1S/C25H28FN7O4S/c1-15(24-28-12-17(26)13-29-24)16(2)38(34,35)14-22-31-32-25(18-8-6-11-21(27-3)30-18)33(22)23-19(36-4)9-7-10-20(23)37-5/h6-13,15-16H,14H2,1-5H3,(H,27,30)/t15-,16-/m0/s1. The van der Waals surface area contributed by atoms with E-state index in [1.807, 2.05) is 0 Å². The van der Waals surface area contributed by atoms with E-state index in [-0.39, 0.29) is 11.6 Å². The van der Waals surface area contributed by atoms with Crippen LogP contribution >= 0.6 is 0 Å². The lowest BCUT2D eigenvalue weighted by Crippen LogP contribution is -2.27. The number of aromatic nitrogens is 6. The molecule has 0 amide bonds. The molecule has 13 heteroatoms. The fourth-order valence-electron chi connectivity index (χ4n) is 3.95. The summed E-state index contributed by atoms with van der Waals surface area (Å²) in [6.45, 7) is 3.25. The van der Waals surface area contributed by atoms with Crippen LogP contribution in [-0.4, -0.2) is 64.7 Å². The van der Waals surface area contributed by atoms with E-state index >= 15 is 0 Å². The van der Waals surface area contributed by atoms with Gasteiger partial charge in [-0.05, 0) is 31.2 Å². The Morgan fingerprint density at radius 1 is 1.00 bits per heavy atom. The van der Waals surface area contributed by atoms with E-state index in [0.29, 0.717) is 34.5 Å². The van der Waals surface area contributed by atoms with Crippen molar-refractivity contribution in [2.75, 3.05) is 26.6 Å². The summed E-state index contributed by atoms with van der Waals surface area (Å²) >= 11 is 0. The number of pyridine rings is 1. The highest BCUT2D eigenvalue weighted by Gasteiger charge is 2.33. The molecular formula is C25H28FN7O4S. The van der Waals surface area contributed by atoms with Crippen LogP contribution in [0.15, 0.2) is 48.8 Å². The van der Waals surface area contributed by atoms with Crippen molar-refractivity contribution in [1.29, 1.82) is 0 Å². The highest BCUT2D eigenvalue weighted by molar-refractivity contribution is 7.91. The normalized spacial score (nSPS) is 13.1. The van der Waals surface area contributed by atoms with E-state index < -0.39 is 32.6 Å². The van der Waals surface area contributed by atoms with Gasteiger partial charge in [0.2, 0.25) is 0 Å². The molecule has 38 heavy (non-hydrogen) atoms. The second-order valence-corrected chi connectivity index (χ2v) is 10.9. The first-order chi connectivity index (χ1) is 18.2. The number of nitrogens with one attached hydrogen (secondary N) is 1. The summed E-state index contributed by atoms with van der Waals surface area (Å²) in [5, 5.41) is 10.7. The zero-order valence-corrected chi connectivity index (χ0v) is 22.4. The van der Waals surface area contributed by atoms with Gasteiger partial charge in [0, 0.05) is 13.0 Å². The monoisotopic (exact) mass is 541 g/mol. The molecule has 0 spiro atoms. The highest BCUT2D eigenvalue weighted by Crippen LogP contribution is 2.37. The summed E-state index contributed by atoms with van der Waals surface area (Å²) in [4.78, 5) is 12.5. The van der Waals surface area contributed by atoms with E-state index in [2.05, 4.69) is 30.5 Å². The van der Waals surface area contributed by atoms with Gasteiger partial charge in [-0.25, -0.2) is 27.8 Å². The van der Waals surface area contributed by atoms with E-state index in [0.717, 1.165) is 12.4 Å². The number of halogens is 1. The van der Waals surface area contributed by atoms with Gasteiger partial charge in [0.05, 0.1) is 31.9 Å². The molecule has 1 aromatic carbocycles. The van der Waals surface area contributed by atoms with Gasteiger partial charge in [-0.1, -0.05) is 19.1 Å². The Labute approximate surface area is 220 Å². The van der Waals surface area contributed by atoms with Crippen LogP contribution in [0.4, 0.5) is 10.2 Å². The number of para-hydroxylation sites is 1. The molecule has 0 saturated carbocycles. The van der Waals surface area contributed by atoms with Gasteiger partial charge in [0.1, 0.15) is 40.3 Å². The molecule has 0 aliphatic rings. The second kappa shape index (κ2) is 11.1. The maximum Gasteiger partial charge on any atom is 0.187 e. The van der Waals surface area contributed by atoms with Crippen molar-refractivity contribution in [2.45, 2.75) is 30.8 Å². The molecular weight excluding hydrogens is 513 g/mol. The van der Waals surface area contributed by atoms with Crippen molar-refractivity contribution < 1.29 is 22.3 Å². The van der Waals surface area contributed by atoms with Crippen molar-refractivity contribution >= 4 is 15.7 Å². The number of benzene rings is 1. The molecule has 1 N–H and O–H groups in total. The van der Waals surface area contributed by atoms with Gasteiger partial charge < -0.3 is 14.8 Å². The third-order valence-corrected chi connectivity index (χ3v) is 8.44. The Kier molecular flexibility index (Phi) is 7.86. The second-order valence-electron chi connectivity index (χ2n) is 8.50. The molecule has 0 aliphatic heterocycles. The Bertz CT molecular complexity index is 1500. The lowest BCUT2D eigenvalue weighted by atomic mass is 10.1. The van der Waals surface area contributed by atoms with Gasteiger partial charge >= 0.3 is 0 Å². The topological polar surface area (TPSA) is 134 Å². The minimum Gasteiger partial charge on any atom is -0.494 e. The average Bonchev–Trinajstić information content (AvgIpc) is 3.34. The van der Waals surface area contributed by atoms with E-state index in [1.54, 1.807) is 61.9 Å². The minimum atomic E-state index is -3.83. The first kappa shape index (κ1) is 26.9. The van der Waals surface area contributed by atoms with Crippen LogP contribution < -0.4 is 14.8 Å². The lowest BCUT2D eigenvalue weighted by molar-refractivity contribution is 0.390. The Hall–Kier alpha value is -4.13. The van der Waals surface area contributed by atoms with Crippen LogP contribution in [0.1, 0.15) is 31.4 Å². The SMILES string of the molecule is CNc1cccc(-c2nnc(CS(=O)(=O)[C@@H](C)[C@H](C)c3ncc(F)cn3)n2-c2c(OC)cccc2OC)n1. The molecule has 2 atom stereocenters. The van der Waals surface area contributed by atoms with Crippen LogP contribution in [-0.2, 0) is 15.6 Å². The third-order valence-electron chi connectivity index (χ3n) is 6.24. The number of hydrogen-bond donors (Lipinski definition) is 1. The first-order valence-corrected chi connectivity index (χ1v) is 13.4. The molecule has 0 saturated heterocycles. The molecule has 0 radical (unpaired) electrons. The molecule has 0 aliphatic carbocycles. The van der Waals surface area contributed by atoms with Crippen LogP contribution in [0.25, 0.3) is 17.2 Å². The van der Waals surface area contributed by atoms with Crippen LogP contribution in [0.5, 0.6) is 11.5 Å². The molecule has 0 bridgehead atoms. The maximum atomic E-state index is 13.6. The zero-order valence-electron chi connectivity index (χ0n) is 21.6. The number of hydrogen-bond acceptors (Lipinski definition) is 10. The van der Waals surface area contributed by atoms with Crippen LogP contribution in [0.3, 0.4) is 0 Å². The zero-order chi connectivity index (χ0) is 27.4. The fourth-order valence-corrected chi connectivity index (χ4v) is 5.50. The molecule has 3 heterocycles. The van der Waals surface area contributed by atoms with Gasteiger partial charge in [-0.15, -0.1) is 10.2 Å². The number of sulfone groups is 1. The molecule has 200 valence electrons. The van der Waals surface area contributed by atoms with Gasteiger partial charge in [0.15, 0.2) is 27.3 Å². The van der Waals surface area contributed by atoms with E-state index in [4.69, 9.17) is 9.47 Å². The van der Waals surface area contributed by atoms with Gasteiger partial charge in [0.25, 0.3) is 0 Å².